The van der Waals surface area contributed by atoms with Gasteiger partial charge in [-0.1, -0.05) is 17.9 Å². The Hall–Kier alpha value is -1.68. The molecule has 4 nitrogen and oxygen atoms in total. The summed E-state index contributed by atoms with van der Waals surface area (Å²) in [5.74, 6) is 5.71. The predicted octanol–water partition coefficient (Wildman–Crippen LogP) is 3.48. The van der Waals surface area contributed by atoms with Crippen molar-refractivity contribution in [1.29, 1.82) is 0 Å². The maximum absolute atomic E-state index is 12.7. The fourth-order valence-corrected chi connectivity index (χ4v) is 2.78. The van der Waals surface area contributed by atoms with Crippen molar-refractivity contribution in [2.75, 3.05) is 33.2 Å². The van der Waals surface area contributed by atoms with Crippen LogP contribution >= 0.6 is 24.0 Å². The summed E-state index contributed by atoms with van der Waals surface area (Å²) in [7, 11) is 1.51. The zero-order valence-corrected chi connectivity index (χ0v) is 17.8. The molecule has 0 aromatic heterocycles. The minimum Gasteiger partial charge on any atom is -0.352 e. The van der Waals surface area contributed by atoms with Gasteiger partial charge in [-0.15, -0.1) is 24.0 Å². The van der Waals surface area contributed by atoms with Crippen LogP contribution in [-0.2, 0) is 6.18 Å². The highest BCUT2D eigenvalue weighted by atomic mass is 127. The van der Waals surface area contributed by atoms with Crippen molar-refractivity contribution >= 4 is 29.9 Å². The minimum absolute atomic E-state index is 0. The summed E-state index contributed by atoms with van der Waals surface area (Å²) < 4.78 is 75.3. The van der Waals surface area contributed by atoms with Crippen molar-refractivity contribution in [3.05, 3.63) is 35.4 Å². The van der Waals surface area contributed by atoms with Crippen molar-refractivity contribution in [3.63, 3.8) is 0 Å². The average molecular weight is 534 g/mol. The summed E-state index contributed by atoms with van der Waals surface area (Å²) >= 11 is 0. The van der Waals surface area contributed by atoms with Crippen LogP contribution in [0.1, 0.15) is 17.5 Å². The molecule has 0 saturated carbocycles. The first kappa shape index (κ1) is 25.4. The van der Waals surface area contributed by atoms with Gasteiger partial charge in [0.15, 0.2) is 5.96 Å². The molecule has 1 aliphatic heterocycles. The molecule has 1 aromatic carbocycles. The van der Waals surface area contributed by atoms with E-state index in [2.05, 4.69) is 27.5 Å². The number of nitrogens with zero attached hydrogens (tertiary/aromatic N) is 2. The molecule has 1 saturated heterocycles. The van der Waals surface area contributed by atoms with E-state index >= 15 is 0 Å². The Bertz CT molecular complexity index is 751. The van der Waals surface area contributed by atoms with E-state index in [1.807, 2.05) is 0 Å². The largest absolute Gasteiger partial charge is 0.416 e. The Balaban J connectivity index is 0.00000420. The molecule has 1 heterocycles. The van der Waals surface area contributed by atoms with Crippen LogP contribution in [0.2, 0.25) is 0 Å². The molecule has 0 bridgehead atoms. The lowest BCUT2D eigenvalue weighted by Gasteiger charge is -2.19. The van der Waals surface area contributed by atoms with Crippen molar-refractivity contribution in [3.8, 4) is 11.8 Å². The molecule has 2 rings (SSSR count). The van der Waals surface area contributed by atoms with Gasteiger partial charge in [0, 0.05) is 31.7 Å². The summed E-state index contributed by atoms with van der Waals surface area (Å²) in [6, 6.07) is 4.52. The third-order valence-electron chi connectivity index (χ3n) is 4.01. The Morgan fingerprint density at radius 2 is 1.97 bits per heavy atom. The van der Waals surface area contributed by atoms with E-state index in [1.165, 1.54) is 24.1 Å². The van der Waals surface area contributed by atoms with Gasteiger partial charge in [-0.05, 0) is 24.6 Å². The summed E-state index contributed by atoms with van der Waals surface area (Å²) in [6.45, 7) is -0.242. The van der Waals surface area contributed by atoms with Crippen LogP contribution in [0, 0.1) is 11.8 Å². The molecule has 0 spiro atoms. The normalized spacial score (nSPS) is 17.9. The Morgan fingerprint density at radius 1 is 1.24 bits per heavy atom. The number of guanidine groups is 1. The number of alkyl halides is 6. The molecule has 2 N–H and O–H groups in total. The van der Waals surface area contributed by atoms with Crippen LogP contribution < -0.4 is 10.6 Å². The maximum atomic E-state index is 12.7. The first-order valence-corrected chi connectivity index (χ1v) is 8.49. The minimum atomic E-state index is -4.43. The van der Waals surface area contributed by atoms with Crippen molar-refractivity contribution in [1.82, 2.24) is 15.5 Å². The van der Waals surface area contributed by atoms with Gasteiger partial charge in [0.25, 0.3) is 0 Å². The quantitative estimate of drug-likeness (QED) is 0.205. The molecule has 162 valence electrons. The number of rotatable bonds is 3. The molecule has 0 radical (unpaired) electrons. The third kappa shape index (κ3) is 9.12. The average Bonchev–Trinajstić information content (AvgIpc) is 3.02. The first-order valence-electron chi connectivity index (χ1n) is 8.49. The van der Waals surface area contributed by atoms with Gasteiger partial charge in [0.1, 0.15) is 0 Å². The smallest absolute Gasteiger partial charge is 0.352 e. The molecular formula is C18H21F6IN4. The highest BCUT2D eigenvalue weighted by molar-refractivity contribution is 14.0. The van der Waals surface area contributed by atoms with Crippen LogP contribution in [0.5, 0.6) is 0 Å². The van der Waals surface area contributed by atoms with Gasteiger partial charge in [0.05, 0.1) is 18.7 Å². The van der Waals surface area contributed by atoms with E-state index in [9.17, 15) is 26.3 Å². The van der Waals surface area contributed by atoms with Crippen LogP contribution in [0.3, 0.4) is 0 Å². The molecule has 1 fully saturated rings. The standard InChI is InChI=1S/C18H20F6N4.HI/c1-25-16(27-15-7-9-28(11-15)12-17(19,20)21)26-8-3-5-13-4-2-6-14(10-13)18(22,23)24;/h2,4,6,10,15H,7-9,11-12H2,1H3,(H2,25,26,27);1H. The highest BCUT2D eigenvalue weighted by Gasteiger charge is 2.34. The van der Waals surface area contributed by atoms with Crippen LogP contribution in [0.15, 0.2) is 29.3 Å². The molecule has 0 aliphatic carbocycles. The monoisotopic (exact) mass is 534 g/mol. The van der Waals surface area contributed by atoms with Gasteiger partial charge in [-0.3, -0.25) is 9.89 Å². The number of aliphatic imine (C=N–C) groups is 1. The highest BCUT2D eigenvalue weighted by Crippen LogP contribution is 2.29. The van der Waals surface area contributed by atoms with E-state index < -0.39 is 24.5 Å². The second-order valence-corrected chi connectivity index (χ2v) is 6.29. The summed E-state index contributed by atoms with van der Waals surface area (Å²) in [6.07, 6.45) is -8.11. The van der Waals surface area contributed by atoms with Crippen LogP contribution in [0.4, 0.5) is 26.3 Å². The van der Waals surface area contributed by atoms with E-state index in [0.717, 1.165) is 12.1 Å². The van der Waals surface area contributed by atoms with Crippen molar-refractivity contribution in [2.24, 2.45) is 4.99 Å². The lowest BCUT2D eigenvalue weighted by atomic mass is 10.1. The SMILES string of the molecule is CN=C(NCC#Cc1cccc(C(F)(F)F)c1)NC1CCN(CC(F)(F)F)C1.I. The molecule has 1 unspecified atom stereocenters. The Labute approximate surface area is 182 Å². The third-order valence-corrected chi connectivity index (χ3v) is 4.01. The molecule has 1 aromatic rings. The fraction of sp³-hybridized carbons (Fsp3) is 0.500. The molecule has 11 heteroatoms. The number of halogens is 7. The molecule has 29 heavy (non-hydrogen) atoms. The number of hydrogen-bond acceptors (Lipinski definition) is 2. The lowest BCUT2D eigenvalue weighted by molar-refractivity contribution is -0.143. The first-order chi connectivity index (χ1) is 13.1. The molecular weight excluding hydrogens is 513 g/mol. The number of hydrogen-bond donors (Lipinski definition) is 2. The number of likely N-dealkylation sites (tertiary alicyclic amines) is 1. The van der Waals surface area contributed by atoms with Crippen molar-refractivity contribution < 1.29 is 26.3 Å². The number of benzene rings is 1. The molecule has 1 atom stereocenters. The van der Waals surface area contributed by atoms with Crippen LogP contribution in [-0.4, -0.2) is 56.3 Å². The second kappa shape index (κ2) is 10.9. The second-order valence-electron chi connectivity index (χ2n) is 6.29. The Kier molecular flexibility index (Phi) is 9.54. The Morgan fingerprint density at radius 3 is 2.59 bits per heavy atom. The van der Waals surface area contributed by atoms with Crippen molar-refractivity contribution in [2.45, 2.75) is 24.8 Å². The van der Waals surface area contributed by atoms with Gasteiger partial charge in [-0.2, -0.15) is 26.3 Å². The van der Waals surface area contributed by atoms with Gasteiger partial charge in [-0.25, -0.2) is 0 Å². The molecule has 0 amide bonds. The number of nitrogens with one attached hydrogen (secondary N) is 2. The van der Waals surface area contributed by atoms with E-state index in [-0.39, 0.29) is 48.7 Å². The summed E-state index contributed by atoms with van der Waals surface area (Å²) in [5, 5.41) is 5.90. The summed E-state index contributed by atoms with van der Waals surface area (Å²) in [4.78, 5) is 5.30. The topological polar surface area (TPSA) is 39.7 Å². The molecule has 1 aliphatic rings. The maximum Gasteiger partial charge on any atom is 0.416 e. The zero-order chi connectivity index (χ0) is 20.8. The lowest BCUT2D eigenvalue weighted by Crippen LogP contribution is -2.45. The van der Waals surface area contributed by atoms with Gasteiger partial charge >= 0.3 is 12.4 Å². The van der Waals surface area contributed by atoms with Gasteiger partial charge in [0.2, 0.25) is 0 Å². The zero-order valence-electron chi connectivity index (χ0n) is 15.5. The van der Waals surface area contributed by atoms with Gasteiger partial charge < -0.3 is 10.6 Å². The van der Waals surface area contributed by atoms with E-state index in [1.54, 1.807) is 0 Å². The van der Waals surface area contributed by atoms with E-state index in [4.69, 9.17) is 0 Å². The van der Waals surface area contributed by atoms with Crippen LogP contribution in [0.25, 0.3) is 0 Å². The predicted molar refractivity (Wildman–Crippen MR) is 109 cm³/mol. The van der Waals surface area contributed by atoms with E-state index in [0.29, 0.717) is 18.9 Å². The summed E-state index contributed by atoms with van der Waals surface area (Å²) in [5.41, 5.74) is -0.535. The fourth-order valence-electron chi connectivity index (χ4n) is 2.78.